The molecular weight excluding hydrogens is 334 g/mol. The maximum absolute atomic E-state index is 11.5. The first kappa shape index (κ1) is 18.2. The van der Waals surface area contributed by atoms with Crippen LogP contribution in [0.5, 0.6) is 17.2 Å². The van der Waals surface area contributed by atoms with E-state index in [-0.39, 0.29) is 17.5 Å². The predicted molar refractivity (Wildman–Crippen MR) is 98.0 cm³/mol. The molecule has 0 amide bonds. The molecule has 4 bridgehead atoms. The summed E-state index contributed by atoms with van der Waals surface area (Å²) >= 11 is 0. The Kier molecular flexibility index (Phi) is 5.73. The minimum atomic E-state index is -0.441. The van der Waals surface area contributed by atoms with Gasteiger partial charge < -0.3 is 14.6 Å². The van der Waals surface area contributed by atoms with Crippen molar-refractivity contribution in [1.29, 1.82) is 0 Å². The first-order chi connectivity index (χ1) is 12.6. The molecular formula is C20H23NO5. The number of hydrogen-bond acceptors (Lipinski definition) is 5. The summed E-state index contributed by atoms with van der Waals surface area (Å²) in [5, 5.41) is 21.6. The molecule has 0 saturated carbocycles. The Morgan fingerprint density at radius 1 is 1.08 bits per heavy atom. The molecule has 1 atom stereocenters. The van der Waals surface area contributed by atoms with E-state index in [9.17, 15) is 15.2 Å². The lowest BCUT2D eigenvalue weighted by molar-refractivity contribution is -0.385. The summed E-state index contributed by atoms with van der Waals surface area (Å²) < 4.78 is 11.2. The third-order valence-electron chi connectivity index (χ3n) is 4.69. The van der Waals surface area contributed by atoms with Gasteiger partial charge in [0.15, 0.2) is 11.5 Å². The first-order valence-electron chi connectivity index (χ1n) is 8.87. The zero-order valence-electron chi connectivity index (χ0n) is 14.8. The van der Waals surface area contributed by atoms with E-state index in [0.717, 1.165) is 36.8 Å². The number of aryl methyl sites for hydroxylation is 2. The summed E-state index contributed by atoms with van der Waals surface area (Å²) in [6, 6.07) is 10.6. The van der Waals surface area contributed by atoms with Crippen LogP contribution in [0.2, 0.25) is 0 Å². The summed E-state index contributed by atoms with van der Waals surface area (Å²) in [6.45, 7) is 0. The van der Waals surface area contributed by atoms with Gasteiger partial charge in [0, 0.05) is 6.07 Å². The predicted octanol–water partition coefficient (Wildman–Crippen LogP) is 4.42. The molecule has 26 heavy (non-hydrogen) atoms. The third kappa shape index (κ3) is 4.32. The van der Waals surface area contributed by atoms with Crippen LogP contribution in [0.15, 0.2) is 36.4 Å². The first-order valence-corrected chi connectivity index (χ1v) is 8.87. The third-order valence-corrected chi connectivity index (χ3v) is 4.69. The van der Waals surface area contributed by atoms with Crippen molar-refractivity contribution in [3.05, 3.63) is 57.6 Å². The van der Waals surface area contributed by atoms with Gasteiger partial charge in [0.05, 0.1) is 18.1 Å². The van der Waals surface area contributed by atoms with E-state index in [1.165, 1.54) is 6.07 Å². The number of ether oxygens (including phenoxy) is 2. The molecule has 1 N–H and O–H groups in total. The van der Waals surface area contributed by atoms with Crippen LogP contribution < -0.4 is 9.47 Å². The molecule has 0 unspecified atom stereocenters. The molecule has 0 spiro atoms. The number of nitro groups is 1. The van der Waals surface area contributed by atoms with Crippen LogP contribution in [0.4, 0.5) is 5.69 Å². The van der Waals surface area contributed by atoms with Crippen LogP contribution in [0.1, 0.15) is 36.8 Å². The number of hydrogen-bond donors (Lipinski definition) is 1. The number of nitrogens with zero attached hydrogens (tertiary/aromatic N) is 1. The molecule has 4 rings (SSSR count). The Bertz CT molecular complexity index is 790. The number of benzene rings is 2. The highest BCUT2D eigenvalue weighted by Crippen LogP contribution is 2.38. The zero-order chi connectivity index (χ0) is 18.5. The Morgan fingerprint density at radius 2 is 1.85 bits per heavy atom. The lowest BCUT2D eigenvalue weighted by atomic mass is 10.0. The van der Waals surface area contributed by atoms with Gasteiger partial charge in [-0.2, -0.15) is 0 Å². The van der Waals surface area contributed by atoms with Crippen LogP contribution in [0, 0.1) is 10.1 Å². The monoisotopic (exact) mass is 357 g/mol. The normalized spacial score (nSPS) is 17.7. The van der Waals surface area contributed by atoms with Crippen molar-refractivity contribution in [3.63, 3.8) is 0 Å². The number of aliphatic hydroxyl groups is 1. The van der Waals surface area contributed by atoms with Crippen LogP contribution in [-0.2, 0) is 12.8 Å². The summed E-state index contributed by atoms with van der Waals surface area (Å²) in [5.74, 6) is 1.19. The molecule has 2 aromatic carbocycles. The van der Waals surface area contributed by atoms with Crippen LogP contribution in [0.3, 0.4) is 0 Å². The van der Waals surface area contributed by atoms with Crippen LogP contribution in [-0.4, -0.2) is 23.2 Å². The van der Waals surface area contributed by atoms with Gasteiger partial charge in [0.25, 0.3) is 0 Å². The number of rotatable bonds is 2. The minimum Gasteiger partial charge on any atom is -0.493 e. The molecule has 2 aromatic rings. The number of aliphatic hydroxyl groups excluding tert-OH is 1. The van der Waals surface area contributed by atoms with E-state index in [0.29, 0.717) is 24.3 Å². The van der Waals surface area contributed by atoms with Gasteiger partial charge in [0.2, 0.25) is 5.75 Å². The summed E-state index contributed by atoms with van der Waals surface area (Å²) in [5.41, 5.74) is 1.81. The second-order valence-corrected chi connectivity index (χ2v) is 6.58. The molecule has 2 aliphatic heterocycles. The van der Waals surface area contributed by atoms with Gasteiger partial charge in [-0.25, -0.2) is 0 Å². The topological polar surface area (TPSA) is 81.8 Å². The summed E-state index contributed by atoms with van der Waals surface area (Å²) in [7, 11) is 1.54. The average Bonchev–Trinajstić information content (AvgIpc) is 2.64. The van der Waals surface area contributed by atoms with Crippen molar-refractivity contribution in [2.45, 2.75) is 44.6 Å². The molecule has 0 radical (unpaired) electrons. The maximum atomic E-state index is 11.5. The van der Waals surface area contributed by atoms with Gasteiger partial charge >= 0.3 is 5.69 Å². The molecule has 6 nitrogen and oxygen atoms in total. The largest absolute Gasteiger partial charge is 0.493 e. The van der Waals surface area contributed by atoms with Gasteiger partial charge in [-0.1, -0.05) is 18.6 Å². The lowest BCUT2D eigenvalue weighted by Gasteiger charge is -2.12. The molecule has 0 fully saturated rings. The maximum Gasteiger partial charge on any atom is 0.311 e. The van der Waals surface area contributed by atoms with Crippen molar-refractivity contribution in [1.82, 2.24) is 0 Å². The minimum absolute atomic E-state index is 0.0840. The molecule has 0 saturated heterocycles. The highest BCUT2D eigenvalue weighted by Gasteiger charge is 2.19. The lowest BCUT2D eigenvalue weighted by Crippen LogP contribution is -2.08. The van der Waals surface area contributed by atoms with E-state index in [4.69, 9.17) is 9.47 Å². The highest BCUT2D eigenvalue weighted by molar-refractivity contribution is 5.53. The van der Waals surface area contributed by atoms with Crippen molar-refractivity contribution in [2.24, 2.45) is 0 Å². The highest BCUT2D eigenvalue weighted by atomic mass is 16.6. The fourth-order valence-electron chi connectivity index (χ4n) is 3.21. The van der Waals surface area contributed by atoms with Crippen LogP contribution >= 0.6 is 0 Å². The van der Waals surface area contributed by atoms with E-state index in [1.54, 1.807) is 13.2 Å². The standard InChI is InChI=1S/C20H23NO5/c1-25-19-11-8-14-4-2-3-5-16(22)9-6-15-7-10-18(26-20(19)13-14)17(12-15)21(23)24/h7-8,10-13,16,22H,2-6,9H2,1H3/t16-/m0/s1. The van der Waals surface area contributed by atoms with Crippen molar-refractivity contribution in [3.8, 4) is 17.2 Å². The molecule has 138 valence electrons. The number of nitro benzene ring substituents is 1. The van der Waals surface area contributed by atoms with Crippen LogP contribution in [0.25, 0.3) is 0 Å². The molecule has 2 aliphatic rings. The number of fused-ring (bicyclic) bond motifs is 8. The summed E-state index contributed by atoms with van der Waals surface area (Å²) in [4.78, 5) is 11.1. The SMILES string of the molecule is COc1ccc2cc1Oc1ccc(cc1[N+](=O)[O-])CC[C@@H](O)CCCC2. The van der Waals surface area contributed by atoms with Gasteiger partial charge in [-0.3, -0.25) is 10.1 Å². The second kappa shape index (κ2) is 8.19. The fraction of sp³-hybridized carbons (Fsp3) is 0.400. The molecule has 0 aromatic heterocycles. The van der Waals surface area contributed by atoms with Gasteiger partial charge in [-0.15, -0.1) is 0 Å². The van der Waals surface area contributed by atoms with Crippen molar-refractivity contribution >= 4 is 5.69 Å². The Labute approximate surface area is 152 Å². The smallest absolute Gasteiger partial charge is 0.311 e. The second-order valence-electron chi connectivity index (χ2n) is 6.58. The molecule has 0 aliphatic carbocycles. The van der Waals surface area contributed by atoms with Gasteiger partial charge in [-0.05, 0) is 61.4 Å². The molecule has 2 heterocycles. The average molecular weight is 357 g/mol. The Hall–Kier alpha value is -2.60. The van der Waals surface area contributed by atoms with Crippen molar-refractivity contribution < 1.29 is 19.5 Å². The molecule has 6 heteroatoms. The van der Waals surface area contributed by atoms with E-state index in [1.807, 2.05) is 24.3 Å². The van der Waals surface area contributed by atoms with E-state index < -0.39 is 4.92 Å². The number of methoxy groups -OCH3 is 1. The Morgan fingerprint density at radius 3 is 2.62 bits per heavy atom. The quantitative estimate of drug-likeness (QED) is 0.636. The van der Waals surface area contributed by atoms with Gasteiger partial charge in [0.1, 0.15) is 0 Å². The van der Waals surface area contributed by atoms with E-state index in [2.05, 4.69) is 0 Å². The van der Waals surface area contributed by atoms with E-state index >= 15 is 0 Å². The summed E-state index contributed by atoms with van der Waals surface area (Å²) in [6.07, 6.45) is 4.29. The fourth-order valence-corrected chi connectivity index (χ4v) is 3.21. The Balaban J connectivity index is 2.02. The van der Waals surface area contributed by atoms with Crippen molar-refractivity contribution in [2.75, 3.05) is 7.11 Å². The zero-order valence-corrected chi connectivity index (χ0v) is 14.8.